The van der Waals surface area contributed by atoms with Crippen molar-refractivity contribution in [1.29, 1.82) is 0 Å². The molecule has 0 saturated carbocycles. The number of rotatable bonds is 7. The summed E-state index contributed by atoms with van der Waals surface area (Å²) in [4.78, 5) is 39.2. The first-order chi connectivity index (χ1) is 16.5. The maximum atomic E-state index is 13.4. The second-order valence-electron chi connectivity index (χ2n) is 7.00. The first-order valence-electron chi connectivity index (χ1n) is 10.3. The van der Waals surface area contributed by atoms with Crippen LogP contribution in [0.25, 0.3) is 16.5 Å². The number of nitrogens with zero attached hydrogens (tertiary/aromatic N) is 2. The minimum absolute atomic E-state index is 0.0147. The molecule has 2 heterocycles. The Balaban J connectivity index is 1.85. The van der Waals surface area contributed by atoms with Gasteiger partial charge in [0.15, 0.2) is 5.69 Å². The van der Waals surface area contributed by atoms with Crippen LogP contribution in [-0.4, -0.2) is 42.5 Å². The Hall–Kier alpha value is -4.18. The zero-order valence-corrected chi connectivity index (χ0v) is 19.5. The van der Waals surface area contributed by atoms with Crippen LogP contribution in [0.3, 0.4) is 0 Å². The van der Waals surface area contributed by atoms with Gasteiger partial charge >= 0.3 is 5.97 Å². The number of carbonyl (C=O) groups excluding carboxylic acids is 2. The minimum Gasteiger partial charge on any atom is -0.497 e. The number of hydrogen-bond acceptors (Lipinski definition) is 8. The molecule has 10 heteroatoms. The third-order valence-electron chi connectivity index (χ3n) is 5.00. The fourth-order valence-corrected chi connectivity index (χ4v) is 4.32. The summed E-state index contributed by atoms with van der Waals surface area (Å²) in [5, 5.41) is 9.40. The van der Waals surface area contributed by atoms with Crippen molar-refractivity contribution in [3.8, 4) is 17.2 Å². The van der Waals surface area contributed by atoms with Crippen LogP contribution in [0.15, 0.2) is 58.7 Å². The number of benzene rings is 2. The summed E-state index contributed by atoms with van der Waals surface area (Å²) in [6.45, 7) is 1.83. The molecule has 34 heavy (non-hydrogen) atoms. The number of ether oxygens (including phenoxy) is 3. The van der Waals surface area contributed by atoms with Gasteiger partial charge in [-0.1, -0.05) is 18.2 Å². The first-order valence-corrected chi connectivity index (χ1v) is 11.2. The van der Waals surface area contributed by atoms with Crippen LogP contribution in [-0.2, 0) is 4.74 Å². The summed E-state index contributed by atoms with van der Waals surface area (Å²) in [7, 11) is 2.96. The number of thiophene rings is 1. The van der Waals surface area contributed by atoms with Crippen molar-refractivity contribution in [3.63, 3.8) is 0 Å². The third kappa shape index (κ3) is 4.23. The van der Waals surface area contributed by atoms with E-state index in [-0.39, 0.29) is 28.3 Å². The lowest BCUT2D eigenvalue weighted by atomic mass is 10.1. The quantitative estimate of drug-likeness (QED) is 0.401. The summed E-state index contributed by atoms with van der Waals surface area (Å²) >= 11 is 1.12. The van der Waals surface area contributed by atoms with Crippen molar-refractivity contribution < 1.29 is 23.8 Å². The first kappa shape index (κ1) is 23.0. The molecule has 1 amide bonds. The third-order valence-corrected chi connectivity index (χ3v) is 5.90. The maximum absolute atomic E-state index is 13.4. The van der Waals surface area contributed by atoms with Crippen molar-refractivity contribution in [2.75, 3.05) is 26.1 Å². The fourth-order valence-electron chi connectivity index (χ4n) is 3.39. The van der Waals surface area contributed by atoms with Gasteiger partial charge in [0.1, 0.15) is 16.5 Å². The molecule has 0 aliphatic carbocycles. The summed E-state index contributed by atoms with van der Waals surface area (Å²) < 4.78 is 16.8. The van der Waals surface area contributed by atoms with E-state index in [1.165, 1.54) is 14.2 Å². The minimum atomic E-state index is -0.662. The number of carbonyl (C=O) groups is 2. The molecule has 174 valence electrons. The van der Waals surface area contributed by atoms with Gasteiger partial charge in [-0.15, -0.1) is 11.3 Å². The highest BCUT2D eigenvalue weighted by Gasteiger charge is 2.24. The zero-order chi connectivity index (χ0) is 24.2. The maximum Gasteiger partial charge on any atom is 0.359 e. The lowest BCUT2D eigenvalue weighted by Crippen LogP contribution is -2.25. The Bertz CT molecular complexity index is 1430. The Kier molecular flexibility index (Phi) is 6.60. The Morgan fingerprint density at radius 2 is 1.85 bits per heavy atom. The van der Waals surface area contributed by atoms with Crippen molar-refractivity contribution in [3.05, 3.63) is 75.5 Å². The molecule has 1 N–H and O–H groups in total. The van der Waals surface area contributed by atoms with E-state index in [1.807, 2.05) is 0 Å². The normalized spacial score (nSPS) is 10.7. The smallest absolute Gasteiger partial charge is 0.359 e. The van der Waals surface area contributed by atoms with Gasteiger partial charge in [-0.3, -0.25) is 9.59 Å². The molecule has 9 nitrogen and oxygen atoms in total. The van der Waals surface area contributed by atoms with Crippen LogP contribution in [0.2, 0.25) is 0 Å². The molecule has 0 spiro atoms. The SMILES string of the molecule is CCOC(=O)c1nn(-c2ccccc2)c(=O)c2c(NC(=O)c3ccc(OC)cc3OC)scc12. The second-order valence-corrected chi connectivity index (χ2v) is 7.88. The molecule has 4 rings (SSSR count). The standard InChI is InChI=1S/C24H21N3O6S/c1-4-33-24(30)20-17-13-34-22(19(17)23(29)27(26-20)14-8-6-5-7-9-14)25-21(28)16-11-10-15(31-2)12-18(16)32-3/h5-13H,4H2,1-3H3,(H,25,28). The van der Waals surface area contributed by atoms with E-state index in [0.29, 0.717) is 22.6 Å². The number of hydrogen-bond donors (Lipinski definition) is 1. The summed E-state index contributed by atoms with van der Waals surface area (Å²) in [5.41, 5.74) is 0.236. The molecule has 0 radical (unpaired) electrons. The highest BCUT2D eigenvalue weighted by Crippen LogP contribution is 2.32. The van der Waals surface area contributed by atoms with Gasteiger partial charge in [0.2, 0.25) is 0 Å². The van der Waals surface area contributed by atoms with Crippen LogP contribution in [0, 0.1) is 0 Å². The Morgan fingerprint density at radius 3 is 2.53 bits per heavy atom. The highest BCUT2D eigenvalue weighted by molar-refractivity contribution is 7.16. The second kappa shape index (κ2) is 9.75. The van der Waals surface area contributed by atoms with E-state index in [1.54, 1.807) is 60.8 Å². The largest absolute Gasteiger partial charge is 0.497 e. The molecule has 0 fully saturated rings. The molecule has 2 aromatic carbocycles. The average molecular weight is 480 g/mol. The van der Waals surface area contributed by atoms with Gasteiger partial charge in [-0.25, -0.2) is 4.79 Å². The number of methoxy groups -OCH3 is 2. The van der Waals surface area contributed by atoms with E-state index in [2.05, 4.69) is 10.4 Å². The monoisotopic (exact) mass is 479 g/mol. The average Bonchev–Trinajstić information content (AvgIpc) is 3.28. The lowest BCUT2D eigenvalue weighted by molar-refractivity contribution is 0.0520. The van der Waals surface area contributed by atoms with E-state index in [0.717, 1.165) is 16.0 Å². The Labute approximate surface area is 198 Å². The number of para-hydroxylation sites is 1. The number of nitrogens with one attached hydrogen (secondary N) is 1. The van der Waals surface area contributed by atoms with Gasteiger partial charge in [-0.2, -0.15) is 9.78 Å². The number of amides is 1. The molecular weight excluding hydrogens is 458 g/mol. The predicted molar refractivity (Wildman–Crippen MR) is 129 cm³/mol. The van der Waals surface area contributed by atoms with E-state index in [9.17, 15) is 14.4 Å². The molecule has 4 aromatic rings. The molecule has 0 aliphatic rings. The summed E-state index contributed by atoms with van der Waals surface area (Å²) in [5.74, 6) is -0.299. The van der Waals surface area contributed by atoms with Crippen LogP contribution in [0.1, 0.15) is 27.8 Å². The van der Waals surface area contributed by atoms with Gasteiger partial charge in [0.25, 0.3) is 11.5 Å². The van der Waals surface area contributed by atoms with Crippen molar-refractivity contribution in [2.45, 2.75) is 6.92 Å². The molecule has 0 saturated heterocycles. The summed E-state index contributed by atoms with van der Waals surface area (Å²) in [6.07, 6.45) is 0. The van der Waals surface area contributed by atoms with Crippen LogP contribution in [0.5, 0.6) is 11.5 Å². The molecule has 0 aliphatic heterocycles. The van der Waals surface area contributed by atoms with Gasteiger partial charge in [0.05, 0.1) is 37.5 Å². The topological polar surface area (TPSA) is 109 Å². The van der Waals surface area contributed by atoms with E-state index < -0.39 is 17.4 Å². The van der Waals surface area contributed by atoms with Gasteiger partial charge < -0.3 is 19.5 Å². The molecular formula is C24H21N3O6S. The fraction of sp³-hybridized carbons (Fsp3) is 0.167. The highest BCUT2D eigenvalue weighted by atomic mass is 32.1. The molecule has 0 bridgehead atoms. The number of fused-ring (bicyclic) bond motifs is 1. The van der Waals surface area contributed by atoms with Crippen molar-refractivity contribution >= 4 is 39.0 Å². The van der Waals surface area contributed by atoms with Crippen LogP contribution < -0.4 is 20.3 Å². The summed E-state index contributed by atoms with van der Waals surface area (Å²) in [6, 6.07) is 13.5. The number of anilines is 1. The van der Waals surface area contributed by atoms with Gasteiger partial charge in [-0.05, 0) is 31.2 Å². The lowest BCUT2D eigenvalue weighted by Gasteiger charge is -2.11. The predicted octanol–water partition coefficient (Wildman–Crippen LogP) is 3.89. The molecule has 2 aromatic heterocycles. The van der Waals surface area contributed by atoms with Gasteiger partial charge in [0, 0.05) is 16.8 Å². The van der Waals surface area contributed by atoms with E-state index in [4.69, 9.17) is 14.2 Å². The Morgan fingerprint density at radius 1 is 1.09 bits per heavy atom. The molecule has 0 atom stereocenters. The number of aromatic nitrogens is 2. The van der Waals surface area contributed by atoms with Crippen LogP contribution >= 0.6 is 11.3 Å². The molecule has 0 unspecified atom stereocenters. The van der Waals surface area contributed by atoms with Crippen LogP contribution in [0.4, 0.5) is 5.00 Å². The van der Waals surface area contributed by atoms with E-state index >= 15 is 0 Å². The van der Waals surface area contributed by atoms with Crippen molar-refractivity contribution in [1.82, 2.24) is 9.78 Å². The number of esters is 1. The van der Waals surface area contributed by atoms with Crippen molar-refractivity contribution in [2.24, 2.45) is 0 Å². The zero-order valence-electron chi connectivity index (χ0n) is 18.7.